The summed E-state index contributed by atoms with van der Waals surface area (Å²) in [6.45, 7) is 3.53. The van der Waals surface area contributed by atoms with Crippen molar-refractivity contribution in [2.45, 2.75) is 30.4 Å². The van der Waals surface area contributed by atoms with Crippen LogP contribution in [-0.4, -0.2) is 44.8 Å². The first-order valence-electron chi connectivity index (χ1n) is 7.55. The summed E-state index contributed by atoms with van der Waals surface area (Å²) in [6, 6.07) is 3.52. The highest BCUT2D eigenvalue weighted by atomic mass is 35.5. The van der Waals surface area contributed by atoms with E-state index in [1.807, 2.05) is 13.0 Å². The number of halogens is 1. The van der Waals surface area contributed by atoms with E-state index in [2.05, 4.69) is 5.32 Å². The van der Waals surface area contributed by atoms with Crippen LogP contribution in [0.4, 0.5) is 0 Å². The molecule has 1 aromatic rings. The summed E-state index contributed by atoms with van der Waals surface area (Å²) in [7, 11) is -3.49. The molecule has 1 atom stereocenters. The molecule has 1 aromatic heterocycles. The largest absolute Gasteiger partial charge is 0.355 e. The minimum atomic E-state index is -3.49. The van der Waals surface area contributed by atoms with E-state index in [0.29, 0.717) is 36.7 Å². The number of carbonyl (C=O) groups excluding carboxylic acids is 1. The first-order chi connectivity index (χ1) is 10.5. The van der Waals surface area contributed by atoms with Gasteiger partial charge < -0.3 is 11.1 Å². The molecule has 1 fully saturated rings. The Bertz CT molecular complexity index is 619. The van der Waals surface area contributed by atoms with Crippen LogP contribution in [0, 0.1) is 5.92 Å². The number of hydrogen-bond acceptors (Lipinski definition) is 5. The zero-order valence-corrected chi connectivity index (χ0v) is 15.6. The van der Waals surface area contributed by atoms with Crippen LogP contribution in [-0.2, 0) is 21.2 Å². The molecular weight excluding hydrogens is 358 g/mol. The number of sulfonamides is 1. The summed E-state index contributed by atoms with van der Waals surface area (Å²) in [5.41, 5.74) is 5.37. The summed E-state index contributed by atoms with van der Waals surface area (Å²) in [5, 5.41) is 2.74. The molecule has 0 aromatic carbocycles. The van der Waals surface area contributed by atoms with Crippen molar-refractivity contribution in [3.63, 3.8) is 0 Å². The zero-order valence-electron chi connectivity index (χ0n) is 13.2. The Kier molecular flexibility index (Phi) is 7.96. The van der Waals surface area contributed by atoms with E-state index in [4.69, 9.17) is 5.73 Å². The molecule has 0 spiro atoms. The average molecular weight is 382 g/mol. The third kappa shape index (κ3) is 4.90. The number of amides is 1. The molecule has 3 N–H and O–H groups in total. The van der Waals surface area contributed by atoms with Gasteiger partial charge >= 0.3 is 0 Å². The Morgan fingerprint density at radius 3 is 2.83 bits per heavy atom. The van der Waals surface area contributed by atoms with E-state index >= 15 is 0 Å². The van der Waals surface area contributed by atoms with Gasteiger partial charge in [-0.2, -0.15) is 4.31 Å². The molecule has 6 nitrogen and oxygen atoms in total. The average Bonchev–Trinajstić information content (AvgIpc) is 3.02. The van der Waals surface area contributed by atoms with E-state index in [-0.39, 0.29) is 30.8 Å². The van der Waals surface area contributed by atoms with Crippen LogP contribution in [0.1, 0.15) is 24.6 Å². The molecule has 1 unspecified atom stereocenters. The van der Waals surface area contributed by atoms with Crippen molar-refractivity contribution in [3.05, 3.63) is 17.0 Å². The van der Waals surface area contributed by atoms with E-state index in [9.17, 15) is 13.2 Å². The zero-order chi connectivity index (χ0) is 16.2. The fourth-order valence-electron chi connectivity index (χ4n) is 2.53. The van der Waals surface area contributed by atoms with Gasteiger partial charge in [0.15, 0.2) is 0 Å². The van der Waals surface area contributed by atoms with E-state index in [1.165, 1.54) is 15.6 Å². The Morgan fingerprint density at radius 2 is 2.22 bits per heavy atom. The lowest BCUT2D eigenvalue weighted by Gasteiger charge is -2.30. The van der Waals surface area contributed by atoms with Crippen LogP contribution in [0.25, 0.3) is 0 Å². The third-order valence-corrected chi connectivity index (χ3v) is 7.34. The maximum Gasteiger partial charge on any atom is 0.252 e. The number of nitrogens with zero attached hydrogens (tertiary/aromatic N) is 1. The van der Waals surface area contributed by atoms with Gasteiger partial charge in [-0.05, 0) is 31.4 Å². The molecule has 0 radical (unpaired) electrons. The minimum Gasteiger partial charge on any atom is -0.355 e. The first kappa shape index (κ1) is 20.4. The Labute approximate surface area is 147 Å². The fourth-order valence-corrected chi connectivity index (χ4v) is 5.50. The lowest BCUT2D eigenvalue weighted by molar-refractivity contribution is -0.126. The molecule has 1 aliphatic heterocycles. The maximum absolute atomic E-state index is 12.7. The number of piperidine rings is 1. The molecule has 1 aliphatic rings. The molecule has 23 heavy (non-hydrogen) atoms. The number of nitrogens with two attached hydrogens (primary N) is 1. The standard InChI is InChI=1S/C14H23N3O3S2.ClH/c1-2-12-5-6-13(21-12)22(19,20)17-9-3-4-11(10-17)14(18)16-8-7-15;/h5-6,11H,2-4,7-10,15H2,1H3,(H,16,18);1H. The van der Waals surface area contributed by atoms with Crippen LogP contribution >= 0.6 is 23.7 Å². The van der Waals surface area contributed by atoms with Crippen molar-refractivity contribution in [1.29, 1.82) is 0 Å². The Hall–Kier alpha value is -0.670. The van der Waals surface area contributed by atoms with Crippen LogP contribution in [0.3, 0.4) is 0 Å². The molecule has 0 bridgehead atoms. The normalized spacial score (nSPS) is 19.1. The number of rotatable bonds is 6. The SMILES string of the molecule is CCc1ccc(S(=O)(=O)N2CCCC(C(=O)NCCN)C2)s1.Cl. The predicted octanol–water partition coefficient (Wildman–Crippen LogP) is 1.21. The fraction of sp³-hybridized carbons (Fsp3) is 0.643. The van der Waals surface area contributed by atoms with Crippen LogP contribution in [0.5, 0.6) is 0 Å². The van der Waals surface area contributed by atoms with Gasteiger partial charge in [0, 0.05) is 31.1 Å². The van der Waals surface area contributed by atoms with Crippen molar-refractivity contribution >= 4 is 39.7 Å². The van der Waals surface area contributed by atoms with E-state index in [0.717, 1.165) is 11.3 Å². The topological polar surface area (TPSA) is 92.5 Å². The van der Waals surface area contributed by atoms with Crippen molar-refractivity contribution < 1.29 is 13.2 Å². The van der Waals surface area contributed by atoms with Gasteiger partial charge in [-0.3, -0.25) is 4.79 Å². The second kappa shape index (κ2) is 8.98. The minimum absolute atomic E-state index is 0. The molecule has 2 rings (SSSR count). The Balaban J connectivity index is 0.00000264. The Morgan fingerprint density at radius 1 is 1.48 bits per heavy atom. The predicted molar refractivity (Wildman–Crippen MR) is 94.5 cm³/mol. The number of aryl methyl sites for hydroxylation is 1. The molecule has 0 saturated carbocycles. The van der Waals surface area contributed by atoms with Crippen LogP contribution < -0.4 is 11.1 Å². The van der Waals surface area contributed by atoms with Crippen molar-refractivity contribution in [1.82, 2.24) is 9.62 Å². The van der Waals surface area contributed by atoms with Gasteiger partial charge in [0.2, 0.25) is 5.91 Å². The van der Waals surface area contributed by atoms with Crippen molar-refractivity contribution in [3.8, 4) is 0 Å². The summed E-state index contributed by atoms with van der Waals surface area (Å²) < 4.78 is 27.2. The summed E-state index contributed by atoms with van der Waals surface area (Å²) in [4.78, 5) is 13.1. The lowest BCUT2D eigenvalue weighted by Crippen LogP contribution is -2.45. The van der Waals surface area contributed by atoms with Gasteiger partial charge in [-0.25, -0.2) is 8.42 Å². The van der Waals surface area contributed by atoms with Crippen LogP contribution in [0.15, 0.2) is 16.3 Å². The molecule has 132 valence electrons. The highest BCUT2D eigenvalue weighted by Crippen LogP contribution is 2.28. The number of hydrogen-bond donors (Lipinski definition) is 2. The first-order valence-corrected chi connectivity index (χ1v) is 9.81. The van der Waals surface area contributed by atoms with Gasteiger partial charge in [0.25, 0.3) is 10.0 Å². The number of nitrogens with one attached hydrogen (secondary N) is 1. The molecule has 2 heterocycles. The van der Waals surface area contributed by atoms with Crippen molar-refractivity contribution in [2.75, 3.05) is 26.2 Å². The monoisotopic (exact) mass is 381 g/mol. The summed E-state index contributed by atoms with van der Waals surface area (Å²) >= 11 is 1.31. The molecular formula is C14H24ClN3O3S2. The number of carbonyl (C=O) groups is 1. The molecule has 9 heteroatoms. The second-order valence-corrected chi connectivity index (χ2v) is 8.69. The van der Waals surface area contributed by atoms with Gasteiger partial charge in [-0.1, -0.05) is 6.92 Å². The molecule has 1 amide bonds. The summed E-state index contributed by atoms with van der Waals surface area (Å²) in [6.07, 6.45) is 2.24. The molecule has 0 aliphatic carbocycles. The van der Waals surface area contributed by atoms with Gasteiger partial charge in [0.05, 0.1) is 5.92 Å². The number of thiophene rings is 1. The smallest absolute Gasteiger partial charge is 0.252 e. The maximum atomic E-state index is 12.7. The van der Waals surface area contributed by atoms with Gasteiger partial charge in [-0.15, -0.1) is 23.7 Å². The highest BCUT2D eigenvalue weighted by Gasteiger charge is 2.33. The van der Waals surface area contributed by atoms with Gasteiger partial charge in [0.1, 0.15) is 4.21 Å². The third-order valence-electron chi connectivity index (χ3n) is 3.78. The summed E-state index contributed by atoms with van der Waals surface area (Å²) in [5.74, 6) is -0.397. The van der Waals surface area contributed by atoms with Crippen molar-refractivity contribution in [2.24, 2.45) is 11.7 Å². The molecule has 1 saturated heterocycles. The highest BCUT2D eigenvalue weighted by molar-refractivity contribution is 7.91. The second-order valence-electron chi connectivity index (χ2n) is 5.36. The van der Waals surface area contributed by atoms with Crippen LogP contribution in [0.2, 0.25) is 0 Å². The van der Waals surface area contributed by atoms with E-state index in [1.54, 1.807) is 6.07 Å². The quantitative estimate of drug-likeness (QED) is 0.774. The van der Waals surface area contributed by atoms with E-state index < -0.39 is 10.0 Å². The lowest BCUT2D eigenvalue weighted by atomic mass is 9.99.